The van der Waals surface area contributed by atoms with E-state index in [1.165, 1.54) is 0 Å². The predicted octanol–water partition coefficient (Wildman–Crippen LogP) is 1.90. The van der Waals surface area contributed by atoms with Crippen molar-refractivity contribution in [2.45, 2.75) is 25.9 Å². The Balaban J connectivity index is 2.04. The van der Waals surface area contributed by atoms with Crippen molar-refractivity contribution < 1.29 is 5.11 Å². The van der Waals surface area contributed by atoms with Gasteiger partial charge in [0.2, 0.25) is 0 Å². The molecule has 3 rings (SSSR count). The highest BCUT2D eigenvalue weighted by molar-refractivity contribution is 5.93. The third kappa shape index (κ3) is 1.93. The molecular formula is C14H17N3O. The van der Waals surface area contributed by atoms with Crippen molar-refractivity contribution in [1.29, 1.82) is 0 Å². The second-order valence-corrected chi connectivity index (χ2v) is 4.87. The maximum absolute atomic E-state index is 9.57. The Morgan fingerprint density at radius 3 is 2.50 bits per heavy atom. The molecule has 0 unspecified atom stereocenters. The summed E-state index contributed by atoms with van der Waals surface area (Å²) in [5.41, 5.74) is 0.964. The van der Waals surface area contributed by atoms with Crippen LogP contribution in [0, 0.1) is 6.92 Å². The molecule has 1 N–H and O–H groups in total. The molecule has 2 heterocycles. The first-order chi connectivity index (χ1) is 8.75. The second kappa shape index (κ2) is 4.53. The Labute approximate surface area is 106 Å². The number of rotatable bonds is 1. The summed E-state index contributed by atoms with van der Waals surface area (Å²) in [7, 11) is 0. The molecule has 0 saturated carbocycles. The SMILES string of the molecule is Cc1nnc(N2CCC(O)CC2)c2ccccc12. The molecule has 2 aromatic rings. The quantitative estimate of drug-likeness (QED) is 0.831. The van der Waals surface area contributed by atoms with Gasteiger partial charge in [-0.1, -0.05) is 24.3 Å². The Hall–Kier alpha value is -1.68. The normalized spacial score (nSPS) is 17.3. The molecule has 0 aliphatic carbocycles. The number of anilines is 1. The number of nitrogens with zero attached hydrogens (tertiary/aromatic N) is 3. The fourth-order valence-corrected chi connectivity index (χ4v) is 2.53. The van der Waals surface area contributed by atoms with Crippen LogP contribution < -0.4 is 4.90 Å². The number of benzene rings is 1. The van der Waals surface area contributed by atoms with Gasteiger partial charge in [-0.3, -0.25) is 0 Å². The van der Waals surface area contributed by atoms with E-state index in [0.29, 0.717) is 0 Å². The lowest BCUT2D eigenvalue weighted by atomic mass is 10.1. The third-order valence-corrected chi connectivity index (χ3v) is 3.62. The fourth-order valence-electron chi connectivity index (χ4n) is 2.53. The molecule has 4 nitrogen and oxygen atoms in total. The van der Waals surface area contributed by atoms with E-state index >= 15 is 0 Å². The fraction of sp³-hybridized carbons (Fsp3) is 0.429. The van der Waals surface area contributed by atoms with Crippen molar-refractivity contribution >= 4 is 16.6 Å². The van der Waals surface area contributed by atoms with Crippen molar-refractivity contribution in [3.05, 3.63) is 30.0 Å². The molecule has 0 atom stereocenters. The van der Waals surface area contributed by atoms with Crippen LogP contribution >= 0.6 is 0 Å². The zero-order valence-corrected chi connectivity index (χ0v) is 10.5. The molecule has 18 heavy (non-hydrogen) atoms. The first-order valence-corrected chi connectivity index (χ1v) is 6.41. The number of hydrogen-bond acceptors (Lipinski definition) is 4. The van der Waals surface area contributed by atoms with Crippen LogP contribution in [0.1, 0.15) is 18.5 Å². The number of aliphatic hydroxyl groups is 1. The number of piperidine rings is 1. The summed E-state index contributed by atoms with van der Waals surface area (Å²) in [4.78, 5) is 2.22. The van der Waals surface area contributed by atoms with Gasteiger partial charge < -0.3 is 10.0 Å². The maximum atomic E-state index is 9.57. The average molecular weight is 243 g/mol. The molecule has 0 radical (unpaired) electrons. The molecule has 1 saturated heterocycles. The van der Waals surface area contributed by atoms with Gasteiger partial charge in [-0.15, -0.1) is 5.10 Å². The van der Waals surface area contributed by atoms with E-state index in [9.17, 15) is 5.11 Å². The van der Waals surface area contributed by atoms with Crippen LogP contribution in [-0.2, 0) is 0 Å². The van der Waals surface area contributed by atoms with Gasteiger partial charge in [-0.25, -0.2) is 0 Å². The Kier molecular flexibility index (Phi) is 2.88. The minimum absolute atomic E-state index is 0.161. The Morgan fingerprint density at radius 2 is 1.78 bits per heavy atom. The average Bonchev–Trinajstić information content (AvgIpc) is 2.41. The van der Waals surface area contributed by atoms with Gasteiger partial charge in [-0.2, -0.15) is 5.10 Å². The summed E-state index contributed by atoms with van der Waals surface area (Å²) >= 11 is 0. The second-order valence-electron chi connectivity index (χ2n) is 4.87. The van der Waals surface area contributed by atoms with E-state index in [1.807, 2.05) is 19.1 Å². The zero-order valence-electron chi connectivity index (χ0n) is 10.5. The first kappa shape index (κ1) is 11.4. The lowest BCUT2D eigenvalue weighted by molar-refractivity contribution is 0.145. The molecule has 1 aromatic heterocycles. The highest BCUT2D eigenvalue weighted by Gasteiger charge is 2.20. The van der Waals surface area contributed by atoms with E-state index in [4.69, 9.17) is 0 Å². The first-order valence-electron chi connectivity index (χ1n) is 6.41. The van der Waals surface area contributed by atoms with Gasteiger partial charge in [-0.05, 0) is 19.8 Å². The van der Waals surface area contributed by atoms with Gasteiger partial charge in [0.25, 0.3) is 0 Å². The molecule has 94 valence electrons. The summed E-state index contributed by atoms with van der Waals surface area (Å²) in [6, 6.07) is 8.24. The number of aryl methyl sites for hydroxylation is 1. The summed E-state index contributed by atoms with van der Waals surface area (Å²) in [6.07, 6.45) is 1.46. The monoisotopic (exact) mass is 243 g/mol. The van der Waals surface area contributed by atoms with E-state index in [2.05, 4.69) is 27.2 Å². The molecule has 1 aliphatic heterocycles. The lowest BCUT2D eigenvalue weighted by Gasteiger charge is -2.30. The standard InChI is InChI=1S/C14H17N3O/c1-10-12-4-2-3-5-13(12)14(16-15-10)17-8-6-11(18)7-9-17/h2-5,11,18H,6-9H2,1H3. The smallest absolute Gasteiger partial charge is 0.159 e. The molecular weight excluding hydrogens is 226 g/mol. The highest BCUT2D eigenvalue weighted by atomic mass is 16.3. The molecule has 0 bridgehead atoms. The summed E-state index contributed by atoms with van der Waals surface area (Å²) < 4.78 is 0. The Morgan fingerprint density at radius 1 is 1.11 bits per heavy atom. The molecule has 4 heteroatoms. The molecule has 1 aromatic carbocycles. The number of aromatic nitrogens is 2. The van der Waals surface area contributed by atoms with Gasteiger partial charge in [0.05, 0.1) is 11.8 Å². The van der Waals surface area contributed by atoms with E-state index < -0.39 is 0 Å². The van der Waals surface area contributed by atoms with Crippen molar-refractivity contribution in [2.75, 3.05) is 18.0 Å². The van der Waals surface area contributed by atoms with E-state index in [0.717, 1.165) is 48.2 Å². The highest BCUT2D eigenvalue weighted by Crippen LogP contribution is 2.27. The minimum Gasteiger partial charge on any atom is -0.393 e. The number of hydrogen-bond donors (Lipinski definition) is 1. The van der Waals surface area contributed by atoms with Crippen molar-refractivity contribution in [3.63, 3.8) is 0 Å². The van der Waals surface area contributed by atoms with Crippen LogP contribution in [0.3, 0.4) is 0 Å². The van der Waals surface area contributed by atoms with Crippen LogP contribution in [0.25, 0.3) is 10.8 Å². The summed E-state index contributed by atoms with van der Waals surface area (Å²) in [5, 5.41) is 20.5. The zero-order chi connectivity index (χ0) is 12.5. The minimum atomic E-state index is -0.161. The van der Waals surface area contributed by atoms with Crippen LogP contribution in [0.15, 0.2) is 24.3 Å². The van der Waals surface area contributed by atoms with Crippen molar-refractivity contribution in [1.82, 2.24) is 10.2 Å². The molecule has 0 amide bonds. The topological polar surface area (TPSA) is 49.2 Å². The molecule has 0 spiro atoms. The van der Waals surface area contributed by atoms with Gasteiger partial charge in [0.15, 0.2) is 5.82 Å². The number of fused-ring (bicyclic) bond motifs is 1. The largest absolute Gasteiger partial charge is 0.393 e. The summed E-state index contributed by atoms with van der Waals surface area (Å²) in [6.45, 7) is 3.69. The van der Waals surface area contributed by atoms with Crippen LogP contribution in [0.2, 0.25) is 0 Å². The van der Waals surface area contributed by atoms with Crippen molar-refractivity contribution in [3.8, 4) is 0 Å². The van der Waals surface area contributed by atoms with Crippen LogP contribution in [-0.4, -0.2) is 34.5 Å². The van der Waals surface area contributed by atoms with Gasteiger partial charge in [0.1, 0.15) is 0 Å². The van der Waals surface area contributed by atoms with E-state index in [-0.39, 0.29) is 6.10 Å². The lowest BCUT2D eigenvalue weighted by Crippen LogP contribution is -2.36. The van der Waals surface area contributed by atoms with Crippen molar-refractivity contribution in [2.24, 2.45) is 0 Å². The maximum Gasteiger partial charge on any atom is 0.159 e. The Bertz CT molecular complexity index is 562. The van der Waals surface area contributed by atoms with Crippen LogP contribution in [0.4, 0.5) is 5.82 Å². The predicted molar refractivity (Wildman–Crippen MR) is 71.7 cm³/mol. The van der Waals surface area contributed by atoms with Gasteiger partial charge >= 0.3 is 0 Å². The number of aliphatic hydroxyl groups excluding tert-OH is 1. The van der Waals surface area contributed by atoms with Gasteiger partial charge in [0, 0.05) is 23.9 Å². The summed E-state index contributed by atoms with van der Waals surface area (Å²) in [5.74, 6) is 0.947. The van der Waals surface area contributed by atoms with Crippen LogP contribution in [0.5, 0.6) is 0 Å². The van der Waals surface area contributed by atoms with E-state index in [1.54, 1.807) is 0 Å². The molecule has 1 aliphatic rings. The third-order valence-electron chi connectivity index (χ3n) is 3.62. The molecule has 1 fully saturated rings.